The summed E-state index contributed by atoms with van der Waals surface area (Å²) in [5.74, 6) is 0.620. The van der Waals surface area contributed by atoms with Gasteiger partial charge in [-0.25, -0.2) is 0 Å². The summed E-state index contributed by atoms with van der Waals surface area (Å²) >= 11 is 0. The monoisotopic (exact) mass is 424 g/mol. The van der Waals surface area contributed by atoms with Crippen molar-refractivity contribution in [3.05, 3.63) is 130 Å². The third-order valence-electron chi connectivity index (χ3n) is 4.93. The Bertz CT molecular complexity index is 1240. The minimum Gasteiger partial charge on any atom is -0.489 e. The largest absolute Gasteiger partial charge is 0.489 e. The Kier molecular flexibility index (Phi) is 6.22. The third-order valence-corrected chi connectivity index (χ3v) is 4.93. The molecule has 0 atom stereocenters. The Hall–Kier alpha value is -4.45. The number of benzene rings is 4. The van der Waals surface area contributed by atoms with Gasteiger partial charge in [0.05, 0.1) is 4.92 Å². The van der Waals surface area contributed by atoms with Crippen LogP contribution in [0.25, 0.3) is 0 Å². The lowest BCUT2D eigenvalue weighted by atomic mass is 9.98. The van der Waals surface area contributed by atoms with Crippen LogP contribution < -0.4 is 10.1 Å². The number of nitrogens with zero attached hydrogens (tertiary/aromatic N) is 1. The summed E-state index contributed by atoms with van der Waals surface area (Å²) in [4.78, 5) is 23.9. The Labute approximate surface area is 185 Å². The summed E-state index contributed by atoms with van der Waals surface area (Å²) in [6.45, 7) is 0.281. The van der Waals surface area contributed by atoms with E-state index in [1.54, 1.807) is 48.5 Å². The van der Waals surface area contributed by atoms with Crippen LogP contribution >= 0.6 is 0 Å². The second-order valence-electron chi connectivity index (χ2n) is 7.06. The molecule has 0 bridgehead atoms. The summed E-state index contributed by atoms with van der Waals surface area (Å²) in [5.41, 5.74) is 2.91. The van der Waals surface area contributed by atoms with E-state index in [1.165, 1.54) is 6.07 Å². The first-order valence-corrected chi connectivity index (χ1v) is 10.0. The predicted octanol–water partition coefficient (Wildman–Crippen LogP) is 6.15. The molecule has 0 aliphatic carbocycles. The summed E-state index contributed by atoms with van der Waals surface area (Å²) in [7, 11) is 0. The zero-order valence-corrected chi connectivity index (χ0v) is 17.1. The number of nitro groups is 1. The Morgan fingerprint density at radius 3 is 2.22 bits per heavy atom. The quantitative estimate of drug-likeness (QED) is 0.208. The molecule has 4 rings (SSSR count). The molecule has 0 saturated carbocycles. The van der Waals surface area contributed by atoms with Crippen LogP contribution in [0.1, 0.15) is 21.5 Å². The molecule has 0 spiro atoms. The molecule has 6 heteroatoms. The number of carbonyl (C=O) groups is 1. The van der Waals surface area contributed by atoms with Crippen LogP contribution in [0.5, 0.6) is 5.75 Å². The van der Waals surface area contributed by atoms with E-state index in [0.29, 0.717) is 22.5 Å². The fourth-order valence-electron chi connectivity index (χ4n) is 3.30. The summed E-state index contributed by atoms with van der Waals surface area (Å²) < 4.78 is 5.82. The van der Waals surface area contributed by atoms with Gasteiger partial charge in [0.1, 0.15) is 18.0 Å². The van der Waals surface area contributed by atoms with Gasteiger partial charge in [-0.3, -0.25) is 14.9 Å². The second kappa shape index (κ2) is 9.57. The smallest absolute Gasteiger partial charge is 0.292 e. The third kappa shape index (κ3) is 4.82. The fourth-order valence-corrected chi connectivity index (χ4v) is 3.30. The highest BCUT2D eigenvalue weighted by Gasteiger charge is 2.15. The van der Waals surface area contributed by atoms with Crippen LogP contribution in [0.4, 0.5) is 17.1 Å². The fraction of sp³-hybridized carbons (Fsp3) is 0.0385. The number of para-hydroxylation sites is 3. The molecule has 0 fully saturated rings. The number of ether oxygens (including phenoxy) is 1. The number of nitro benzene ring substituents is 1. The highest BCUT2D eigenvalue weighted by molar-refractivity contribution is 6.10. The van der Waals surface area contributed by atoms with E-state index >= 15 is 0 Å². The van der Waals surface area contributed by atoms with E-state index in [-0.39, 0.29) is 18.1 Å². The first-order valence-electron chi connectivity index (χ1n) is 10.0. The summed E-state index contributed by atoms with van der Waals surface area (Å²) in [6.07, 6.45) is 0. The molecule has 4 aromatic rings. The maximum Gasteiger partial charge on any atom is 0.292 e. The molecule has 0 aromatic heterocycles. The maximum atomic E-state index is 13.1. The van der Waals surface area contributed by atoms with Crippen LogP contribution in [-0.2, 0) is 6.61 Å². The summed E-state index contributed by atoms with van der Waals surface area (Å²) in [6, 6.07) is 30.1. The van der Waals surface area contributed by atoms with Gasteiger partial charge in [0.15, 0.2) is 5.78 Å². The number of hydrogen-bond donors (Lipinski definition) is 1. The van der Waals surface area contributed by atoms with Gasteiger partial charge in [0.2, 0.25) is 0 Å². The average Bonchev–Trinajstić information content (AvgIpc) is 2.84. The van der Waals surface area contributed by atoms with Crippen molar-refractivity contribution in [1.82, 2.24) is 0 Å². The van der Waals surface area contributed by atoms with Gasteiger partial charge in [-0.2, -0.15) is 0 Å². The minimum absolute atomic E-state index is 0.0139. The van der Waals surface area contributed by atoms with Crippen molar-refractivity contribution >= 4 is 22.8 Å². The van der Waals surface area contributed by atoms with E-state index in [0.717, 1.165) is 11.3 Å². The van der Waals surface area contributed by atoms with E-state index in [2.05, 4.69) is 5.32 Å². The highest BCUT2D eigenvalue weighted by atomic mass is 16.6. The van der Waals surface area contributed by atoms with Gasteiger partial charge in [-0.1, -0.05) is 54.6 Å². The van der Waals surface area contributed by atoms with Crippen LogP contribution in [0.3, 0.4) is 0 Å². The normalized spacial score (nSPS) is 10.4. The Balaban J connectivity index is 1.50. The number of nitrogens with one attached hydrogen (secondary N) is 1. The summed E-state index contributed by atoms with van der Waals surface area (Å²) in [5, 5.41) is 14.2. The molecular formula is C26H20N2O4. The molecule has 1 N–H and O–H groups in total. The second-order valence-corrected chi connectivity index (χ2v) is 7.06. The van der Waals surface area contributed by atoms with Gasteiger partial charge >= 0.3 is 0 Å². The Morgan fingerprint density at radius 2 is 1.47 bits per heavy atom. The first-order chi connectivity index (χ1) is 15.6. The van der Waals surface area contributed by atoms with Crippen LogP contribution in [0.2, 0.25) is 0 Å². The molecule has 0 radical (unpaired) electrons. The molecular weight excluding hydrogens is 404 g/mol. The molecule has 0 aliphatic rings. The van der Waals surface area contributed by atoms with Gasteiger partial charge in [-0.05, 0) is 42.5 Å². The topological polar surface area (TPSA) is 81.5 Å². The highest BCUT2D eigenvalue weighted by Crippen LogP contribution is 2.27. The van der Waals surface area contributed by atoms with Crippen molar-refractivity contribution in [3.8, 4) is 5.75 Å². The van der Waals surface area contributed by atoms with Crippen molar-refractivity contribution in [2.24, 2.45) is 0 Å². The molecule has 32 heavy (non-hydrogen) atoms. The minimum atomic E-state index is -0.436. The van der Waals surface area contributed by atoms with Crippen molar-refractivity contribution in [2.75, 3.05) is 5.32 Å². The number of carbonyl (C=O) groups excluding carboxylic acids is 1. The molecule has 4 aromatic carbocycles. The SMILES string of the molecule is O=C(c1ccc(Nc2ccccc2[N+](=O)[O-])cc1)c1ccccc1COc1ccccc1. The predicted molar refractivity (Wildman–Crippen MR) is 123 cm³/mol. The number of hydrogen-bond acceptors (Lipinski definition) is 5. The number of anilines is 2. The van der Waals surface area contributed by atoms with Gasteiger partial charge in [0.25, 0.3) is 5.69 Å². The lowest BCUT2D eigenvalue weighted by Gasteiger charge is -2.11. The lowest BCUT2D eigenvalue weighted by molar-refractivity contribution is -0.383. The zero-order valence-electron chi connectivity index (χ0n) is 17.1. The van der Waals surface area contributed by atoms with E-state index in [9.17, 15) is 14.9 Å². The van der Waals surface area contributed by atoms with Gasteiger partial charge < -0.3 is 10.1 Å². The van der Waals surface area contributed by atoms with E-state index in [1.807, 2.05) is 48.5 Å². The van der Waals surface area contributed by atoms with Crippen molar-refractivity contribution < 1.29 is 14.5 Å². The molecule has 158 valence electrons. The van der Waals surface area contributed by atoms with E-state index in [4.69, 9.17) is 4.74 Å². The molecule has 0 unspecified atom stereocenters. The van der Waals surface area contributed by atoms with Gasteiger partial charge in [0, 0.05) is 28.4 Å². The molecule has 6 nitrogen and oxygen atoms in total. The lowest BCUT2D eigenvalue weighted by Crippen LogP contribution is -2.08. The van der Waals surface area contributed by atoms with Crippen LogP contribution in [0.15, 0.2) is 103 Å². The first kappa shape index (κ1) is 20.8. The number of ketones is 1. The maximum absolute atomic E-state index is 13.1. The van der Waals surface area contributed by atoms with Crippen molar-refractivity contribution in [3.63, 3.8) is 0 Å². The molecule has 0 saturated heterocycles. The van der Waals surface area contributed by atoms with E-state index < -0.39 is 4.92 Å². The molecule has 0 heterocycles. The van der Waals surface area contributed by atoms with Crippen LogP contribution in [-0.4, -0.2) is 10.7 Å². The van der Waals surface area contributed by atoms with Gasteiger partial charge in [-0.15, -0.1) is 0 Å². The van der Waals surface area contributed by atoms with Crippen LogP contribution in [0, 0.1) is 10.1 Å². The standard InChI is InChI=1S/C26H20N2O4/c29-26(23-11-5-4-8-20(23)18-32-22-9-2-1-3-10-22)19-14-16-21(17-15-19)27-24-12-6-7-13-25(24)28(30)31/h1-17,27H,18H2. The van der Waals surface area contributed by atoms with Crippen molar-refractivity contribution in [1.29, 1.82) is 0 Å². The molecule has 0 amide bonds. The molecule has 0 aliphatic heterocycles. The van der Waals surface area contributed by atoms with Crippen molar-refractivity contribution in [2.45, 2.75) is 6.61 Å². The average molecular weight is 424 g/mol. The number of rotatable bonds is 8. The Morgan fingerprint density at radius 1 is 0.812 bits per heavy atom. The zero-order chi connectivity index (χ0) is 22.3.